The van der Waals surface area contributed by atoms with Crippen molar-refractivity contribution in [3.63, 3.8) is 0 Å². The molecule has 0 saturated carbocycles. The molecule has 3 rings (SSSR count). The largest absolute Gasteiger partial charge is 0.451 e. The molecule has 0 amide bonds. The zero-order chi connectivity index (χ0) is 13.6. The quantitative estimate of drug-likeness (QED) is 0.601. The highest BCUT2D eigenvalue weighted by Gasteiger charge is 2.38. The number of hydrogen-bond acceptors (Lipinski definition) is 2. The molecule has 0 bridgehead atoms. The molecule has 96 valence electrons. The van der Waals surface area contributed by atoms with E-state index >= 15 is 0 Å². The lowest BCUT2D eigenvalue weighted by atomic mass is 9.96. The second kappa shape index (κ2) is 3.95. The summed E-state index contributed by atoms with van der Waals surface area (Å²) in [4.78, 5) is 11.9. The van der Waals surface area contributed by atoms with Crippen LogP contribution in [0.3, 0.4) is 0 Å². The SMILES string of the molecule is C=C(C)C(=O)OC1(C)Cc2cccc3cccc1c23. The van der Waals surface area contributed by atoms with Crippen LogP contribution >= 0.6 is 0 Å². The van der Waals surface area contributed by atoms with Crippen molar-refractivity contribution in [2.45, 2.75) is 25.9 Å². The lowest BCUT2D eigenvalue weighted by Gasteiger charge is -2.26. The number of hydrogen-bond donors (Lipinski definition) is 0. The van der Waals surface area contributed by atoms with Crippen molar-refractivity contribution >= 4 is 16.7 Å². The molecule has 0 radical (unpaired) electrons. The fourth-order valence-corrected chi connectivity index (χ4v) is 2.85. The second-order valence-corrected chi connectivity index (χ2v) is 5.40. The van der Waals surface area contributed by atoms with E-state index in [1.165, 1.54) is 16.3 Å². The van der Waals surface area contributed by atoms with Gasteiger partial charge < -0.3 is 4.74 Å². The molecule has 2 aromatic rings. The average molecular weight is 252 g/mol. The van der Waals surface area contributed by atoms with Crippen molar-refractivity contribution in [3.8, 4) is 0 Å². The molecule has 1 atom stereocenters. The first-order valence-electron chi connectivity index (χ1n) is 6.41. The third-order valence-corrected chi connectivity index (χ3v) is 3.75. The lowest BCUT2D eigenvalue weighted by Crippen LogP contribution is -2.28. The van der Waals surface area contributed by atoms with Gasteiger partial charge in [0, 0.05) is 17.6 Å². The third-order valence-electron chi connectivity index (χ3n) is 3.75. The number of benzene rings is 2. The van der Waals surface area contributed by atoms with Crippen LogP contribution in [0.5, 0.6) is 0 Å². The van der Waals surface area contributed by atoms with Gasteiger partial charge in [0.15, 0.2) is 0 Å². The van der Waals surface area contributed by atoms with Crippen LogP contribution in [0.2, 0.25) is 0 Å². The van der Waals surface area contributed by atoms with Gasteiger partial charge in [0.05, 0.1) is 0 Å². The normalized spacial score (nSPS) is 20.5. The van der Waals surface area contributed by atoms with Gasteiger partial charge >= 0.3 is 5.97 Å². The predicted molar refractivity (Wildman–Crippen MR) is 75.9 cm³/mol. The number of esters is 1. The Morgan fingerprint density at radius 1 is 1.26 bits per heavy atom. The minimum atomic E-state index is -0.584. The molecule has 0 N–H and O–H groups in total. The van der Waals surface area contributed by atoms with E-state index in [1.807, 2.05) is 25.1 Å². The van der Waals surface area contributed by atoms with Crippen LogP contribution in [0.4, 0.5) is 0 Å². The standard InChI is InChI=1S/C17H16O2/c1-11(2)16(18)19-17(3)10-13-8-4-6-12-7-5-9-14(17)15(12)13/h4-9H,1,10H2,2-3H3. The lowest BCUT2D eigenvalue weighted by molar-refractivity contribution is -0.153. The molecule has 0 heterocycles. The first-order valence-corrected chi connectivity index (χ1v) is 6.41. The monoisotopic (exact) mass is 252 g/mol. The van der Waals surface area contributed by atoms with Gasteiger partial charge in [-0.25, -0.2) is 4.79 Å². The first-order chi connectivity index (χ1) is 9.01. The molecule has 1 aliphatic carbocycles. The summed E-state index contributed by atoms with van der Waals surface area (Å²) < 4.78 is 5.69. The smallest absolute Gasteiger partial charge is 0.333 e. The van der Waals surface area contributed by atoms with Gasteiger partial charge in [-0.15, -0.1) is 0 Å². The summed E-state index contributed by atoms with van der Waals surface area (Å²) in [5.74, 6) is -0.327. The van der Waals surface area contributed by atoms with E-state index in [2.05, 4.69) is 24.8 Å². The Morgan fingerprint density at radius 3 is 2.63 bits per heavy atom. The van der Waals surface area contributed by atoms with Gasteiger partial charge in [0.2, 0.25) is 0 Å². The zero-order valence-corrected chi connectivity index (χ0v) is 11.2. The number of carbonyl (C=O) groups excluding carboxylic acids is 1. The molecule has 0 fully saturated rings. The first kappa shape index (κ1) is 12.0. The van der Waals surface area contributed by atoms with Crippen LogP contribution in [-0.2, 0) is 21.6 Å². The van der Waals surface area contributed by atoms with E-state index in [0.29, 0.717) is 5.57 Å². The van der Waals surface area contributed by atoms with Gasteiger partial charge in [-0.3, -0.25) is 0 Å². The van der Waals surface area contributed by atoms with E-state index in [1.54, 1.807) is 6.92 Å². The summed E-state index contributed by atoms with van der Waals surface area (Å²) in [6.45, 7) is 7.30. The number of rotatable bonds is 2. The summed E-state index contributed by atoms with van der Waals surface area (Å²) >= 11 is 0. The Bertz CT molecular complexity index is 694. The number of ether oxygens (including phenoxy) is 1. The van der Waals surface area contributed by atoms with Crippen molar-refractivity contribution in [1.29, 1.82) is 0 Å². The van der Waals surface area contributed by atoms with E-state index in [4.69, 9.17) is 4.74 Å². The van der Waals surface area contributed by atoms with E-state index in [9.17, 15) is 4.79 Å². The fraction of sp³-hybridized carbons (Fsp3) is 0.235. The molecule has 2 heteroatoms. The molecule has 1 aliphatic rings. The topological polar surface area (TPSA) is 26.3 Å². The van der Waals surface area contributed by atoms with Crippen molar-refractivity contribution in [1.82, 2.24) is 0 Å². The van der Waals surface area contributed by atoms with Gasteiger partial charge in [-0.2, -0.15) is 0 Å². The van der Waals surface area contributed by atoms with Crippen molar-refractivity contribution in [2.24, 2.45) is 0 Å². The maximum absolute atomic E-state index is 11.9. The Balaban J connectivity index is 2.12. The van der Waals surface area contributed by atoms with Gasteiger partial charge in [0.25, 0.3) is 0 Å². The zero-order valence-electron chi connectivity index (χ0n) is 11.2. The van der Waals surface area contributed by atoms with Crippen LogP contribution in [-0.4, -0.2) is 5.97 Å². The Kier molecular flexibility index (Phi) is 2.49. The molecule has 2 aromatic carbocycles. The van der Waals surface area contributed by atoms with Crippen LogP contribution in [0.25, 0.3) is 10.8 Å². The molecule has 2 nitrogen and oxygen atoms in total. The molecule has 0 aliphatic heterocycles. The minimum absolute atomic E-state index is 0.327. The summed E-state index contributed by atoms with van der Waals surface area (Å²) in [6, 6.07) is 12.4. The van der Waals surface area contributed by atoms with E-state index in [-0.39, 0.29) is 5.97 Å². The summed E-state index contributed by atoms with van der Waals surface area (Å²) in [7, 11) is 0. The van der Waals surface area contributed by atoms with Gasteiger partial charge in [0.1, 0.15) is 5.60 Å². The molecule has 0 aromatic heterocycles. The molecule has 0 spiro atoms. The summed E-state index contributed by atoms with van der Waals surface area (Å²) in [6.07, 6.45) is 0.725. The maximum atomic E-state index is 11.9. The van der Waals surface area contributed by atoms with Crippen LogP contribution in [0, 0.1) is 0 Å². The fourth-order valence-electron chi connectivity index (χ4n) is 2.85. The third kappa shape index (κ3) is 1.75. The van der Waals surface area contributed by atoms with Gasteiger partial charge in [-0.05, 0) is 30.2 Å². The van der Waals surface area contributed by atoms with E-state index < -0.39 is 5.60 Å². The van der Waals surface area contributed by atoms with E-state index in [0.717, 1.165) is 12.0 Å². The second-order valence-electron chi connectivity index (χ2n) is 5.40. The van der Waals surface area contributed by atoms with Crippen molar-refractivity contribution in [3.05, 3.63) is 59.7 Å². The molecule has 1 unspecified atom stereocenters. The number of carbonyl (C=O) groups is 1. The molecule has 19 heavy (non-hydrogen) atoms. The highest BCUT2D eigenvalue weighted by molar-refractivity contribution is 5.93. The van der Waals surface area contributed by atoms with Crippen LogP contribution in [0.15, 0.2) is 48.6 Å². The average Bonchev–Trinajstić information content (AvgIpc) is 2.65. The van der Waals surface area contributed by atoms with Crippen LogP contribution in [0.1, 0.15) is 25.0 Å². The molecular formula is C17H16O2. The Hall–Kier alpha value is -2.09. The highest BCUT2D eigenvalue weighted by atomic mass is 16.6. The molecule has 0 saturated heterocycles. The van der Waals surface area contributed by atoms with Gasteiger partial charge in [-0.1, -0.05) is 43.0 Å². The van der Waals surface area contributed by atoms with Crippen LogP contribution < -0.4 is 0 Å². The van der Waals surface area contributed by atoms with Crippen molar-refractivity contribution < 1.29 is 9.53 Å². The minimum Gasteiger partial charge on any atom is -0.451 e. The van der Waals surface area contributed by atoms with Crippen molar-refractivity contribution in [2.75, 3.05) is 0 Å². The maximum Gasteiger partial charge on any atom is 0.333 e. The Morgan fingerprint density at radius 2 is 1.95 bits per heavy atom. The summed E-state index contributed by atoms with van der Waals surface area (Å²) in [5.41, 5.74) is 2.18. The highest BCUT2D eigenvalue weighted by Crippen LogP contribution is 2.43. The molecular weight excluding hydrogens is 236 g/mol. The Labute approximate surface area is 112 Å². The summed E-state index contributed by atoms with van der Waals surface area (Å²) in [5, 5.41) is 2.42. The predicted octanol–water partition coefficient (Wildman–Crippen LogP) is 3.73.